The number of anilines is 3. The highest BCUT2D eigenvalue weighted by Gasteiger charge is 2.12. The third-order valence-corrected chi connectivity index (χ3v) is 2.94. The van der Waals surface area contributed by atoms with E-state index < -0.39 is 0 Å². The lowest BCUT2D eigenvalue weighted by Crippen LogP contribution is -2.17. The van der Waals surface area contributed by atoms with Gasteiger partial charge in [0.25, 0.3) is 0 Å². The summed E-state index contributed by atoms with van der Waals surface area (Å²) >= 11 is 0. The molecule has 2 rings (SSSR count). The van der Waals surface area contributed by atoms with Crippen molar-refractivity contribution >= 4 is 17.3 Å². The van der Waals surface area contributed by atoms with Crippen LogP contribution < -0.4 is 16.2 Å². The largest absolute Gasteiger partial charge is 0.327 e. The van der Waals surface area contributed by atoms with Gasteiger partial charge in [-0.1, -0.05) is 19.1 Å². The highest BCUT2D eigenvalue weighted by Crippen LogP contribution is 2.25. The van der Waals surface area contributed by atoms with E-state index in [0.717, 1.165) is 12.8 Å². The number of hydrogen-bond donors (Lipinski definition) is 2. The molecule has 1 aromatic heterocycles. The number of nitrogens with one attached hydrogen (secondary N) is 1. The summed E-state index contributed by atoms with van der Waals surface area (Å²) in [5.41, 5.74) is 2.97. The normalized spacial score (nSPS) is 10.4. The Morgan fingerprint density at radius 2 is 2.05 bits per heavy atom. The highest BCUT2D eigenvalue weighted by atomic mass is 19.1. The van der Waals surface area contributed by atoms with Gasteiger partial charge in [-0.05, 0) is 18.6 Å². The van der Waals surface area contributed by atoms with Gasteiger partial charge in [-0.3, -0.25) is 0 Å². The van der Waals surface area contributed by atoms with Crippen LogP contribution in [-0.4, -0.2) is 17.0 Å². The fraction of sp³-hybridized carbons (Fsp3) is 0.286. The SMILES string of the molecule is CCCc1nc(NN)cc(N(C)c2ccccc2F)n1. The summed E-state index contributed by atoms with van der Waals surface area (Å²) < 4.78 is 13.8. The zero-order valence-corrected chi connectivity index (χ0v) is 11.6. The van der Waals surface area contributed by atoms with Gasteiger partial charge < -0.3 is 10.3 Å². The Hall–Kier alpha value is -2.21. The van der Waals surface area contributed by atoms with Gasteiger partial charge in [-0.15, -0.1) is 0 Å². The summed E-state index contributed by atoms with van der Waals surface area (Å²) in [6, 6.07) is 8.24. The quantitative estimate of drug-likeness (QED) is 0.648. The summed E-state index contributed by atoms with van der Waals surface area (Å²) in [7, 11) is 1.76. The molecule has 0 atom stereocenters. The predicted octanol–water partition coefficient (Wildman–Crippen LogP) is 2.62. The van der Waals surface area contributed by atoms with Gasteiger partial charge in [0, 0.05) is 19.5 Å². The van der Waals surface area contributed by atoms with Crippen molar-refractivity contribution in [1.82, 2.24) is 9.97 Å². The number of halogens is 1. The van der Waals surface area contributed by atoms with Crippen LogP contribution in [0.1, 0.15) is 19.2 Å². The molecule has 0 radical (unpaired) electrons. The van der Waals surface area contributed by atoms with Gasteiger partial charge in [0.2, 0.25) is 0 Å². The molecule has 0 bridgehead atoms. The molecule has 5 nitrogen and oxygen atoms in total. The summed E-state index contributed by atoms with van der Waals surface area (Å²) in [6.45, 7) is 2.05. The number of nitrogen functional groups attached to an aromatic ring is 1. The number of benzene rings is 1. The van der Waals surface area contributed by atoms with E-state index in [4.69, 9.17) is 5.84 Å². The summed E-state index contributed by atoms with van der Waals surface area (Å²) in [6.07, 6.45) is 1.67. The lowest BCUT2D eigenvalue weighted by molar-refractivity contribution is 0.627. The van der Waals surface area contributed by atoms with E-state index >= 15 is 0 Å². The molecule has 0 saturated heterocycles. The van der Waals surface area contributed by atoms with E-state index in [1.54, 1.807) is 36.2 Å². The molecule has 1 aromatic carbocycles. The highest BCUT2D eigenvalue weighted by molar-refractivity contribution is 5.62. The average molecular weight is 275 g/mol. The van der Waals surface area contributed by atoms with Crippen molar-refractivity contribution in [3.05, 3.63) is 42.0 Å². The Kier molecular flexibility index (Phi) is 4.47. The minimum atomic E-state index is -0.298. The van der Waals surface area contributed by atoms with E-state index in [-0.39, 0.29) is 5.82 Å². The molecule has 0 aliphatic rings. The molecule has 106 valence electrons. The van der Waals surface area contributed by atoms with Crippen LogP contribution in [-0.2, 0) is 6.42 Å². The van der Waals surface area contributed by atoms with E-state index in [1.807, 2.05) is 6.92 Å². The number of aromatic nitrogens is 2. The Bertz CT molecular complexity index is 588. The monoisotopic (exact) mass is 275 g/mol. The number of hydrogen-bond acceptors (Lipinski definition) is 5. The summed E-state index contributed by atoms with van der Waals surface area (Å²) in [5, 5.41) is 0. The molecule has 0 spiro atoms. The van der Waals surface area contributed by atoms with Crippen LogP contribution in [0.2, 0.25) is 0 Å². The number of nitrogens with two attached hydrogens (primary N) is 1. The second-order valence-electron chi connectivity index (χ2n) is 4.43. The Balaban J connectivity index is 2.40. The number of hydrazine groups is 1. The lowest BCUT2D eigenvalue weighted by atomic mass is 10.2. The van der Waals surface area contributed by atoms with Gasteiger partial charge >= 0.3 is 0 Å². The van der Waals surface area contributed by atoms with Crippen molar-refractivity contribution < 1.29 is 4.39 Å². The molecular weight excluding hydrogens is 257 g/mol. The zero-order chi connectivity index (χ0) is 14.5. The Labute approximate surface area is 117 Å². The van der Waals surface area contributed by atoms with Crippen LogP contribution in [0.3, 0.4) is 0 Å². The Morgan fingerprint density at radius 1 is 1.30 bits per heavy atom. The van der Waals surface area contributed by atoms with E-state index in [2.05, 4.69) is 15.4 Å². The maximum absolute atomic E-state index is 13.8. The van der Waals surface area contributed by atoms with Crippen LogP contribution >= 0.6 is 0 Å². The van der Waals surface area contributed by atoms with Crippen LogP contribution in [0.25, 0.3) is 0 Å². The molecule has 3 N–H and O–H groups in total. The molecule has 20 heavy (non-hydrogen) atoms. The first-order valence-corrected chi connectivity index (χ1v) is 6.48. The first kappa shape index (κ1) is 14.2. The standard InChI is InChI=1S/C14H18FN5/c1-3-6-12-17-13(19-16)9-14(18-12)20(2)11-8-5-4-7-10(11)15/h4-5,7-9H,3,6,16H2,1-2H3,(H,17,18,19). The third-order valence-electron chi connectivity index (χ3n) is 2.94. The summed E-state index contributed by atoms with van der Waals surface area (Å²) in [4.78, 5) is 10.4. The number of rotatable bonds is 5. The molecule has 0 saturated carbocycles. The topological polar surface area (TPSA) is 67.1 Å². The minimum absolute atomic E-state index is 0.298. The average Bonchev–Trinajstić information content (AvgIpc) is 2.47. The molecule has 0 unspecified atom stereocenters. The second-order valence-corrected chi connectivity index (χ2v) is 4.43. The van der Waals surface area contributed by atoms with Crippen LogP contribution in [0.5, 0.6) is 0 Å². The van der Waals surface area contributed by atoms with Gasteiger partial charge in [0.15, 0.2) is 0 Å². The third kappa shape index (κ3) is 3.03. The van der Waals surface area contributed by atoms with Gasteiger partial charge in [0.1, 0.15) is 23.3 Å². The zero-order valence-electron chi connectivity index (χ0n) is 11.6. The molecule has 0 amide bonds. The lowest BCUT2D eigenvalue weighted by Gasteiger charge is -2.20. The minimum Gasteiger partial charge on any atom is -0.327 e. The number of nitrogens with zero attached hydrogens (tertiary/aromatic N) is 3. The van der Waals surface area contributed by atoms with Crippen molar-refractivity contribution in [2.24, 2.45) is 5.84 Å². The van der Waals surface area contributed by atoms with Crippen LogP contribution in [0, 0.1) is 5.82 Å². The molecule has 0 fully saturated rings. The van der Waals surface area contributed by atoms with Crippen LogP contribution in [0.15, 0.2) is 30.3 Å². The van der Waals surface area contributed by atoms with Crippen molar-refractivity contribution in [3.63, 3.8) is 0 Å². The Morgan fingerprint density at radius 3 is 2.70 bits per heavy atom. The van der Waals surface area contributed by atoms with Crippen molar-refractivity contribution in [2.45, 2.75) is 19.8 Å². The van der Waals surface area contributed by atoms with Crippen LogP contribution in [0.4, 0.5) is 21.7 Å². The smallest absolute Gasteiger partial charge is 0.146 e. The molecule has 1 heterocycles. The van der Waals surface area contributed by atoms with Crippen molar-refractivity contribution in [1.29, 1.82) is 0 Å². The molecule has 0 aliphatic heterocycles. The van der Waals surface area contributed by atoms with Gasteiger partial charge in [-0.25, -0.2) is 20.2 Å². The van der Waals surface area contributed by atoms with E-state index in [0.29, 0.717) is 23.1 Å². The summed E-state index contributed by atoms with van der Waals surface area (Å²) in [5.74, 6) is 6.92. The number of para-hydroxylation sites is 1. The fourth-order valence-electron chi connectivity index (χ4n) is 1.91. The maximum Gasteiger partial charge on any atom is 0.146 e. The molecule has 0 aliphatic carbocycles. The fourth-order valence-corrected chi connectivity index (χ4v) is 1.91. The van der Waals surface area contributed by atoms with Gasteiger partial charge in [-0.2, -0.15) is 0 Å². The van der Waals surface area contributed by atoms with Gasteiger partial charge in [0.05, 0.1) is 5.69 Å². The van der Waals surface area contributed by atoms with Crippen molar-refractivity contribution in [3.8, 4) is 0 Å². The first-order valence-electron chi connectivity index (χ1n) is 6.48. The van der Waals surface area contributed by atoms with E-state index in [1.165, 1.54) is 6.07 Å². The first-order chi connectivity index (χ1) is 9.65. The number of aryl methyl sites for hydroxylation is 1. The predicted molar refractivity (Wildman–Crippen MR) is 78.3 cm³/mol. The molecule has 2 aromatic rings. The maximum atomic E-state index is 13.8. The van der Waals surface area contributed by atoms with Crippen molar-refractivity contribution in [2.75, 3.05) is 17.4 Å². The van der Waals surface area contributed by atoms with E-state index in [9.17, 15) is 4.39 Å². The second kappa shape index (κ2) is 6.29. The molecule has 6 heteroatoms. The molecular formula is C14H18FN5.